The van der Waals surface area contributed by atoms with Gasteiger partial charge in [-0.25, -0.2) is 0 Å². The van der Waals surface area contributed by atoms with Crippen LogP contribution in [0.4, 0.5) is 0 Å². The van der Waals surface area contributed by atoms with Gasteiger partial charge in [0.15, 0.2) is 0 Å². The number of aromatic nitrogens is 1. The summed E-state index contributed by atoms with van der Waals surface area (Å²) in [6.07, 6.45) is 7.31. The van der Waals surface area contributed by atoms with Gasteiger partial charge in [-0.2, -0.15) is 0 Å². The maximum Gasteiger partial charge on any atom is 0.0556 e. The van der Waals surface area contributed by atoms with E-state index in [1.165, 1.54) is 10.9 Å². The molecule has 3 heteroatoms. The van der Waals surface area contributed by atoms with Gasteiger partial charge >= 0.3 is 0 Å². The van der Waals surface area contributed by atoms with Gasteiger partial charge in [-0.3, -0.25) is 0 Å². The first-order chi connectivity index (χ1) is 7.85. The second kappa shape index (κ2) is 4.84. The number of nitrogens with one attached hydrogen (secondary N) is 2. The Morgan fingerprint density at radius 2 is 2.31 bits per heavy atom. The van der Waals surface area contributed by atoms with Crippen molar-refractivity contribution in [1.82, 2.24) is 10.3 Å². The SMILES string of the molecule is C#Cc1ccc2c(CNCCO)c[nH]c2c1. The van der Waals surface area contributed by atoms with Crippen molar-refractivity contribution in [3.63, 3.8) is 0 Å². The Balaban J connectivity index is 2.25. The number of hydrogen-bond acceptors (Lipinski definition) is 2. The number of aliphatic hydroxyl groups is 1. The van der Waals surface area contributed by atoms with Crippen LogP contribution in [0.2, 0.25) is 0 Å². The number of terminal acetylenes is 1. The van der Waals surface area contributed by atoms with Crippen LogP contribution in [0, 0.1) is 12.3 Å². The third-order valence-electron chi connectivity index (χ3n) is 2.54. The first kappa shape index (κ1) is 10.7. The van der Waals surface area contributed by atoms with Crippen LogP contribution >= 0.6 is 0 Å². The van der Waals surface area contributed by atoms with Crippen molar-refractivity contribution in [1.29, 1.82) is 0 Å². The van der Waals surface area contributed by atoms with Crippen LogP contribution in [0.25, 0.3) is 10.9 Å². The van der Waals surface area contributed by atoms with Crippen molar-refractivity contribution < 1.29 is 5.11 Å². The molecule has 0 radical (unpaired) electrons. The minimum Gasteiger partial charge on any atom is -0.395 e. The number of aromatic amines is 1. The fourth-order valence-corrected chi connectivity index (χ4v) is 1.72. The minimum atomic E-state index is 0.156. The highest BCUT2D eigenvalue weighted by atomic mass is 16.3. The van der Waals surface area contributed by atoms with Crippen LogP contribution < -0.4 is 5.32 Å². The van der Waals surface area contributed by atoms with E-state index in [0.29, 0.717) is 6.54 Å². The summed E-state index contributed by atoms with van der Waals surface area (Å²) in [7, 11) is 0. The quantitative estimate of drug-likeness (QED) is 0.529. The van der Waals surface area contributed by atoms with Crippen molar-refractivity contribution in [3.8, 4) is 12.3 Å². The zero-order valence-electron chi connectivity index (χ0n) is 8.96. The van der Waals surface area contributed by atoms with E-state index in [1.54, 1.807) is 0 Å². The second-order valence-electron chi connectivity index (χ2n) is 3.62. The van der Waals surface area contributed by atoms with Crippen molar-refractivity contribution >= 4 is 10.9 Å². The van der Waals surface area contributed by atoms with E-state index in [1.807, 2.05) is 24.4 Å². The summed E-state index contributed by atoms with van der Waals surface area (Å²) in [5.41, 5.74) is 3.12. The smallest absolute Gasteiger partial charge is 0.0556 e. The number of benzene rings is 1. The van der Waals surface area contributed by atoms with Crippen LogP contribution in [0.5, 0.6) is 0 Å². The van der Waals surface area contributed by atoms with E-state index in [4.69, 9.17) is 11.5 Å². The standard InChI is InChI=1S/C13H14N2O/c1-2-10-3-4-12-11(8-14-5-6-16)9-15-13(12)7-10/h1,3-4,7,9,14-16H,5-6,8H2. The van der Waals surface area contributed by atoms with E-state index >= 15 is 0 Å². The summed E-state index contributed by atoms with van der Waals surface area (Å²) in [5, 5.41) is 13.0. The number of hydrogen-bond donors (Lipinski definition) is 3. The molecule has 0 aliphatic carbocycles. The van der Waals surface area contributed by atoms with Crippen molar-refractivity contribution in [2.75, 3.05) is 13.2 Å². The Morgan fingerprint density at radius 3 is 3.06 bits per heavy atom. The average Bonchev–Trinajstić information content (AvgIpc) is 2.72. The molecule has 0 saturated heterocycles. The molecule has 0 spiro atoms. The van der Waals surface area contributed by atoms with Gasteiger partial charge in [0.1, 0.15) is 0 Å². The fourth-order valence-electron chi connectivity index (χ4n) is 1.72. The predicted molar refractivity (Wildman–Crippen MR) is 65.0 cm³/mol. The predicted octanol–water partition coefficient (Wildman–Crippen LogP) is 1.23. The van der Waals surface area contributed by atoms with Gasteiger partial charge in [0, 0.05) is 35.8 Å². The largest absolute Gasteiger partial charge is 0.395 e. The molecule has 3 N–H and O–H groups in total. The maximum atomic E-state index is 8.68. The Labute approximate surface area is 94.5 Å². The zero-order chi connectivity index (χ0) is 11.4. The summed E-state index contributed by atoms with van der Waals surface area (Å²) >= 11 is 0. The summed E-state index contributed by atoms with van der Waals surface area (Å²) < 4.78 is 0. The van der Waals surface area contributed by atoms with Crippen molar-refractivity contribution in [2.45, 2.75) is 6.54 Å². The molecule has 0 fully saturated rings. The summed E-state index contributed by atoms with van der Waals surface area (Å²) in [4.78, 5) is 3.19. The number of H-pyrrole nitrogens is 1. The highest BCUT2D eigenvalue weighted by molar-refractivity contribution is 5.84. The molecule has 82 valence electrons. The molecule has 0 saturated carbocycles. The van der Waals surface area contributed by atoms with Crippen LogP contribution in [0.1, 0.15) is 11.1 Å². The van der Waals surface area contributed by atoms with Crippen LogP contribution in [0.3, 0.4) is 0 Å². The third kappa shape index (κ3) is 2.08. The molecule has 0 bridgehead atoms. The normalized spacial score (nSPS) is 10.5. The topological polar surface area (TPSA) is 48.0 Å². The number of rotatable bonds is 4. The molecule has 2 rings (SSSR count). The molecule has 0 atom stereocenters. The van der Waals surface area contributed by atoms with Gasteiger partial charge < -0.3 is 15.4 Å². The Morgan fingerprint density at radius 1 is 1.44 bits per heavy atom. The van der Waals surface area contributed by atoms with E-state index in [2.05, 4.69) is 16.2 Å². The molecular formula is C13H14N2O. The lowest BCUT2D eigenvalue weighted by Gasteiger charge is -2.01. The lowest BCUT2D eigenvalue weighted by molar-refractivity contribution is 0.292. The molecule has 16 heavy (non-hydrogen) atoms. The maximum absolute atomic E-state index is 8.68. The molecule has 0 aliphatic heterocycles. The molecule has 2 aromatic rings. The van der Waals surface area contributed by atoms with Gasteiger partial charge in [-0.15, -0.1) is 6.42 Å². The van der Waals surface area contributed by atoms with Crippen molar-refractivity contribution in [2.24, 2.45) is 0 Å². The lowest BCUT2D eigenvalue weighted by atomic mass is 10.1. The summed E-state index contributed by atoms with van der Waals surface area (Å²) in [6.45, 7) is 1.51. The van der Waals surface area contributed by atoms with Gasteiger partial charge in [0.05, 0.1) is 6.61 Å². The van der Waals surface area contributed by atoms with E-state index < -0.39 is 0 Å². The molecular weight excluding hydrogens is 200 g/mol. The monoisotopic (exact) mass is 214 g/mol. The number of aliphatic hydroxyl groups excluding tert-OH is 1. The Kier molecular flexibility index (Phi) is 3.25. The highest BCUT2D eigenvalue weighted by Crippen LogP contribution is 2.19. The van der Waals surface area contributed by atoms with Crippen molar-refractivity contribution in [3.05, 3.63) is 35.5 Å². The first-order valence-corrected chi connectivity index (χ1v) is 5.23. The molecule has 1 aromatic heterocycles. The minimum absolute atomic E-state index is 0.156. The lowest BCUT2D eigenvalue weighted by Crippen LogP contribution is -2.17. The number of fused-ring (bicyclic) bond motifs is 1. The zero-order valence-corrected chi connectivity index (χ0v) is 8.96. The molecule has 0 unspecified atom stereocenters. The second-order valence-corrected chi connectivity index (χ2v) is 3.62. The first-order valence-electron chi connectivity index (χ1n) is 5.23. The van der Waals surface area contributed by atoms with Gasteiger partial charge in [0.2, 0.25) is 0 Å². The Bertz CT molecular complexity index is 522. The fraction of sp³-hybridized carbons (Fsp3) is 0.231. The highest BCUT2D eigenvalue weighted by Gasteiger charge is 2.03. The molecule has 1 heterocycles. The van der Waals surface area contributed by atoms with Crippen LogP contribution in [-0.4, -0.2) is 23.2 Å². The molecule has 0 amide bonds. The van der Waals surface area contributed by atoms with Crippen LogP contribution in [-0.2, 0) is 6.54 Å². The van der Waals surface area contributed by atoms with Gasteiger partial charge in [-0.1, -0.05) is 12.0 Å². The third-order valence-corrected chi connectivity index (χ3v) is 2.54. The summed E-state index contributed by atoms with van der Waals surface area (Å²) in [6, 6.07) is 5.92. The van der Waals surface area contributed by atoms with Gasteiger partial charge in [0.25, 0.3) is 0 Å². The van der Waals surface area contributed by atoms with E-state index in [-0.39, 0.29) is 6.61 Å². The van der Waals surface area contributed by atoms with E-state index in [9.17, 15) is 0 Å². The average molecular weight is 214 g/mol. The molecule has 0 aliphatic rings. The molecule has 1 aromatic carbocycles. The van der Waals surface area contributed by atoms with Gasteiger partial charge in [-0.05, 0) is 17.7 Å². The summed E-state index contributed by atoms with van der Waals surface area (Å²) in [5.74, 6) is 2.61. The van der Waals surface area contributed by atoms with Crippen LogP contribution in [0.15, 0.2) is 24.4 Å². The molecule has 3 nitrogen and oxygen atoms in total. The Hall–Kier alpha value is -1.76. The van der Waals surface area contributed by atoms with E-state index in [0.717, 1.165) is 17.6 Å².